The molecule has 25 heavy (non-hydrogen) atoms. The van der Waals surface area contributed by atoms with E-state index in [2.05, 4.69) is 84.0 Å². The molecule has 0 amide bonds. The molecule has 1 heteroatoms. The molecule has 0 radical (unpaired) electrons. The molecule has 0 heterocycles. The molecule has 0 saturated heterocycles. The van der Waals surface area contributed by atoms with Gasteiger partial charge in [-0.05, 0) is 51.1 Å². The zero-order chi connectivity index (χ0) is 18.8. The van der Waals surface area contributed by atoms with E-state index >= 15 is 0 Å². The normalized spacial score (nSPS) is 13.2. The van der Waals surface area contributed by atoms with Crippen molar-refractivity contribution in [3.63, 3.8) is 0 Å². The van der Waals surface area contributed by atoms with Gasteiger partial charge in [0.2, 0.25) is 0 Å². The van der Waals surface area contributed by atoms with E-state index in [4.69, 9.17) is 5.11 Å². The van der Waals surface area contributed by atoms with Gasteiger partial charge in [0.05, 0.1) is 6.61 Å². The largest absolute Gasteiger partial charge is 0.392 e. The maximum Gasteiger partial charge on any atom is 0.0618 e. The van der Waals surface area contributed by atoms with Crippen LogP contribution in [0.4, 0.5) is 0 Å². The third-order valence-electron chi connectivity index (χ3n) is 4.74. The molecule has 0 atom stereocenters. The summed E-state index contributed by atoms with van der Waals surface area (Å²) >= 11 is 0. The second kappa shape index (κ2) is 7.17. The molecule has 0 aromatic heterocycles. The van der Waals surface area contributed by atoms with Gasteiger partial charge in [-0.3, -0.25) is 0 Å². The first-order valence-electron chi connectivity index (χ1n) is 9.07. The molecule has 0 aliphatic rings. The second-order valence-corrected chi connectivity index (χ2v) is 8.95. The minimum Gasteiger partial charge on any atom is -0.392 e. The molecule has 0 aliphatic heterocycles. The van der Waals surface area contributed by atoms with Crippen LogP contribution in [0.1, 0.15) is 65.2 Å². The summed E-state index contributed by atoms with van der Waals surface area (Å²) in [5.41, 5.74) is 7.75. The van der Waals surface area contributed by atoms with Crippen LogP contribution in [-0.2, 0) is 10.8 Å². The lowest BCUT2D eigenvalue weighted by atomic mass is 9.79. The summed E-state index contributed by atoms with van der Waals surface area (Å²) in [5.74, 6) is 0. The Balaban J connectivity index is 2.53. The minimum absolute atomic E-state index is 0.0795. The van der Waals surface area contributed by atoms with Crippen LogP contribution in [0.3, 0.4) is 0 Å². The highest BCUT2D eigenvalue weighted by molar-refractivity contribution is 5.71. The monoisotopic (exact) mass is 336 g/mol. The van der Waals surface area contributed by atoms with E-state index in [9.17, 15) is 0 Å². The average Bonchev–Trinajstić information content (AvgIpc) is 2.53. The summed E-state index contributed by atoms with van der Waals surface area (Å²) in [6.07, 6.45) is 1.84. The van der Waals surface area contributed by atoms with Crippen LogP contribution < -0.4 is 0 Å². The Morgan fingerprint density at radius 1 is 0.800 bits per heavy atom. The highest BCUT2D eigenvalue weighted by atomic mass is 16.2. The van der Waals surface area contributed by atoms with Crippen molar-refractivity contribution in [1.29, 1.82) is 0 Å². The predicted molar refractivity (Wildman–Crippen MR) is 110 cm³/mol. The fourth-order valence-corrected chi connectivity index (χ4v) is 2.84. The van der Waals surface area contributed by atoms with Crippen molar-refractivity contribution in [3.05, 3.63) is 65.2 Å². The Kier molecular flexibility index (Phi) is 5.58. The third-order valence-corrected chi connectivity index (χ3v) is 4.74. The summed E-state index contributed by atoms with van der Waals surface area (Å²) in [6.45, 7) is 15.7. The van der Waals surface area contributed by atoms with Gasteiger partial charge in [0.25, 0.3) is 0 Å². The van der Waals surface area contributed by atoms with Gasteiger partial charge < -0.3 is 5.11 Å². The quantitative estimate of drug-likeness (QED) is 0.693. The van der Waals surface area contributed by atoms with Crippen molar-refractivity contribution in [2.24, 2.45) is 0 Å². The third kappa shape index (κ3) is 4.83. The van der Waals surface area contributed by atoms with Gasteiger partial charge in [-0.2, -0.15) is 0 Å². The predicted octanol–water partition coefficient (Wildman–Crippen LogP) is 6.34. The molecule has 0 aliphatic carbocycles. The molecule has 2 aromatic carbocycles. The zero-order valence-corrected chi connectivity index (χ0v) is 16.8. The molecule has 0 unspecified atom stereocenters. The van der Waals surface area contributed by atoms with E-state index in [0.29, 0.717) is 0 Å². The van der Waals surface area contributed by atoms with Crippen molar-refractivity contribution in [2.45, 2.75) is 59.3 Å². The first-order chi connectivity index (χ1) is 11.5. The van der Waals surface area contributed by atoms with Crippen molar-refractivity contribution in [1.82, 2.24) is 0 Å². The molecular weight excluding hydrogens is 304 g/mol. The van der Waals surface area contributed by atoms with E-state index in [-0.39, 0.29) is 17.4 Å². The topological polar surface area (TPSA) is 20.2 Å². The van der Waals surface area contributed by atoms with Crippen LogP contribution in [0.25, 0.3) is 16.7 Å². The van der Waals surface area contributed by atoms with Crippen molar-refractivity contribution >= 4 is 5.57 Å². The molecule has 1 nitrogen and oxygen atoms in total. The van der Waals surface area contributed by atoms with Gasteiger partial charge >= 0.3 is 0 Å². The number of aliphatic hydroxyl groups excluding tert-OH is 1. The Hall–Kier alpha value is -1.86. The van der Waals surface area contributed by atoms with Crippen molar-refractivity contribution in [3.8, 4) is 11.1 Å². The number of hydrogen-bond acceptors (Lipinski definition) is 1. The average molecular weight is 337 g/mol. The highest BCUT2D eigenvalue weighted by Crippen LogP contribution is 2.34. The van der Waals surface area contributed by atoms with Crippen molar-refractivity contribution in [2.75, 3.05) is 6.61 Å². The maximum absolute atomic E-state index is 9.07. The van der Waals surface area contributed by atoms with Crippen LogP contribution >= 0.6 is 0 Å². The van der Waals surface area contributed by atoms with E-state index in [1.165, 1.54) is 22.3 Å². The van der Waals surface area contributed by atoms with E-state index in [1.54, 1.807) is 0 Å². The molecule has 0 fully saturated rings. The van der Waals surface area contributed by atoms with Crippen LogP contribution in [0.2, 0.25) is 0 Å². The summed E-state index contributed by atoms with van der Waals surface area (Å²) < 4.78 is 0. The van der Waals surface area contributed by atoms with Gasteiger partial charge in [-0.15, -0.1) is 0 Å². The summed E-state index contributed by atoms with van der Waals surface area (Å²) in [4.78, 5) is 0. The van der Waals surface area contributed by atoms with Gasteiger partial charge in [0.15, 0.2) is 0 Å². The van der Waals surface area contributed by atoms with Crippen LogP contribution in [-0.4, -0.2) is 11.7 Å². The SMILES string of the molecule is CC(=CCO)c1ccc(-c2cc(C(C)(C)C)cc(C(C)(C)C)c2)cc1. The van der Waals surface area contributed by atoms with E-state index in [1.807, 2.05) is 13.0 Å². The van der Waals surface area contributed by atoms with Gasteiger partial charge in [-0.25, -0.2) is 0 Å². The fraction of sp³-hybridized carbons (Fsp3) is 0.417. The van der Waals surface area contributed by atoms with Gasteiger partial charge in [0, 0.05) is 0 Å². The summed E-state index contributed by atoms with van der Waals surface area (Å²) in [6, 6.07) is 15.6. The molecule has 2 rings (SSSR count). The Morgan fingerprint density at radius 3 is 1.68 bits per heavy atom. The smallest absolute Gasteiger partial charge is 0.0618 e. The Labute approximate surface area is 153 Å². The maximum atomic E-state index is 9.07. The Bertz CT molecular complexity index is 718. The van der Waals surface area contributed by atoms with E-state index < -0.39 is 0 Å². The van der Waals surface area contributed by atoms with Gasteiger partial charge in [0.1, 0.15) is 0 Å². The first kappa shape index (κ1) is 19.5. The number of aliphatic hydroxyl groups is 1. The zero-order valence-electron chi connectivity index (χ0n) is 16.8. The van der Waals surface area contributed by atoms with Crippen LogP contribution in [0.5, 0.6) is 0 Å². The standard InChI is InChI=1S/C24H32O/c1-17(12-13-25)18-8-10-19(11-9-18)20-14-21(23(2,3)4)16-22(15-20)24(5,6)7/h8-12,14-16,25H,13H2,1-7H3. The molecule has 0 saturated carbocycles. The number of hydrogen-bond donors (Lipinski definition) is 1. The summed E-state index contributed by atoms with van der Waals surface area (Å²) in [7, 11) is 0. The number of rotatable bonds is 3. The number of allylic oxidation sites excluding steroid dienone is 1. The minimum atomic E-state index is 0.0795. The second-order valence-electron chi connectivity index (χ2n) is 8.95. The fourth-order valence-electron chi connectivity index (χ4n) is 2.84. The summed E-state index contributed by atoms with van der Waals surface area (Å²) in [5, 5.41) is 9.07. The molecule has 1 N–H and O–H groups in total. The van der Waals surface area contributed by atoms with Crippen LogP contribution in [0.15, 0.2) is 48.5 Å². The van der Waals surface area contributed by atoms with Crippen molar-refractivity contribution < 1.29 is 5.11 Å². The molecule has 0 bridgehead atoms. The number of benzene rings is 2. The molecule has 2 aromatic rings. The van der Waals surface area contributed by atoms with Crippen LogP contribution in [0, 0.1) is 0 Å². The lowest BCUT2D eigenvalue weighted by Gasteiger charge is -2.26. The molecule has 0 spiro atoms. The lowest BCUT2D eigenvalue weighted by Crippen LogP contribution is -2.16. The first-order valence-corrected chi connectivity index (χ1v) is 9.07. The van der Waals surface area contributed by atoms with Gasteiger partial charge in [-0.1, -0.05) is 90.1 Å². The van der Waals surface area contributed by atoms with E-state index in [0.717, 1.165) is 11.1 Å². The Morgan fingerprint density at radius 2 is 1.28 bits per heavy atom. The molecular formula is C24H32O. The molecule has 134 valence electrons. The highest BCUT2D eigenvalue weighted by Gasteiger charge is 2.20. The lowest BCUT2D eigenvalue weighted by molar-refractivity contribution is 0.343.